The Morgan fingerprint density at radius 3 is 2.64 bits per heavy atom. The first-order valence-corrected chi connectivity index (χ1v) is 13.3. The van der Waals surface area contributed by atoms with Crippen LogP contribution in [-0.4, -0.2) is 59.0 Å². The average molecular weight is 522 g/mol. The van der Waals surface area contributed by atoms with Crippen LogP contribution in [0, 0.1) is 0 Å². The van der Waals surface area contributed by atoms with E-state index in [1.807, 2.05) is 83.9 Å². The molecule has 2 atom stereocenters. The number of alkyl halides is 1. The van der Waals surface area contributed by atoms with Crippen LogP contribution in [0.25, 0.3) is 10.2 Å². The third-order valence-corrected chi connectivity index (χ3v) is 8.09. The zero-order valence-corrected chi connectivity index (χ0v) is 21.8. The number of thiophene rings is 1. The second-order valence-corrected chi connectivity index (χ2v) is 10.4. The minimum Gasteiger partial charge on any atom is -0.497 e. The molecule has 2 unspecified atom stereocenters. The molecule has 36 heavy (non-hydrogen) atoms. The van der Waals surface area contributed by atoms with E-state index >= 15 is 0 Å². The SMILES string of the molecule is COc1cccc(Cn2c(C(=O)N3CCN(C(=O)C(Cl)c4ccccc4)C(C)C3)cc3ccsc32)c1. The number of ether oxygens (including phenoxy) is 1. The lowest BCUT2D eigenvalue weighted by Crippen LogP contribution is -2.56. The van der Waals surface area contributed by atoms with Gasteiger partial charge in [0.2, 0.25) is 5.91 Å². The molecule has 1 aliphatic heterocycles. The third kappa shape index (κ3) is 4.73. The van der Waals surface area contributed by atoms with Crippen LogP contribution in [0.5, 0.6) is 5.75 Å². The zero-order valence-electron chi connectivity index (χ0n) is 20.3. The number of nitrogens with zero attached hydrogens (tertiary/aromatic N) is 3. The number of hydrogen-bond acceptors (Lipinski definition) is 4. The van der Waals surface area contributed by atoms with Gasteiger partial charge in [-0.15, -0.1) is 22.9 Å². The molecule has 5 rings (SSSR count). The van der Waals surface area contributed by atoms with Gasteiger partial charge in [0, 0.05) is 37.6 Å². The molecular formula is C28H28ClN3O3S. The van der Waals surface area contributed by atoms with E-state index in [9.17, 15) is 9.59 Å². The fraction of sp³-hybridized carbons (Fsp3) is 0.286. The van der Waals surface area contributed by atoms with Gasteiger partial charge in [-0.25, -0.2) is 0 Å². The van der Waals surface area contributed by atoms with E-state index in [-0.39, 0.29) is 17.9 Å². The molecular weight excluding hydrogens is 494 g/mol. The number of halogens is 1. The van der Waals surface area contributed by atoms with Crippen molar-refractivity contribution in [3.63, 3.8) is 0 Å². The number of piperazine rings is 1. The first kappa shape index (κ1) is 24.4. The standard InChI is InChI=1S/C28H28ClN3O3S/c1-19-17-30(12-13-31(19)27(34)25(29)21-8-4-3-5-9-21)26(33)24-16-22-11-14-36-28(22)32(24)18-20-7-6-10-23(15-20)35-2/h3-11,14-16,19,25H,12-13,17-18H2,1-2H3. The van der Waals surface area contributed by atoms with Crippen molar-refractivity contribution in [2.45, 2.75) is 24.9 Å². The van der Waals surface area contributed by atoms with Gasteiger partial charge in [-0.1, -0.05) is 42.5 Å². The Morgan fingerprint density at radius 1 is 1.08 bits per heavy atom. The highest BCUT2D eigenvalue weighted by atomic mass is 35.5. The molecule has 2 aromatic carbocycles. The molecule has 4 aromatic rings. The molecule has 1 saturated heterocycles. The molecule has 0 aliphatic carbocycles. The molecule has 3 heterocycles. The summed E-state index contributed by atoms with van der Waals surface area (Å²) in [4.78, 5) is 31.6. The van der Waals surface area contributed by atoms with Crippen molar-refractivity contribution in [2.75, 3.05) is 26.7 Å². The highest BCUT2D eigenvalue weighted by molar-refractivity contribution is 7.16. The molecule has 186 valence electrons. The lowest BCUT2D eigenvalue weighted by atomic mass is 10.1. The van der Waals surface area contributed by atoms with Gasteiger partial charge >= 0.3 is 0 Å². The molecule has 2 amide bonds. The highest BCUT2D eigenvalue weighted by Crippen LogP contribution is 2.29. The van der Waals surface area contributed by atoms with E-state index in [0.717, 1.165) is 27.1 Å². The Kier molecular flexibility index (Phi) is 7.03. The van der Waals surface area contributed by atoms with Crippen LogP contribution in [0.3, 0.4) is 0 Å². The van der Waals surface area contributed by atoms with Gasteiger partial charge in [0.15, 0.2) is 0 Å². The lowest BCUT2D eigenvalue weighted by Gasteiger charge is -2.40. The highest BCUT2D eigenvalue weighted by Gasteiger charge is 2.34. The predicted octanol–water partition coefficient (Wildman–Crippen LogP) is 5.41. The molecule has 8 heteroatoms. The number of rotatable bonds is 6. The van der Waals surface area contributed by atoms with Crippen molar-refractivity contribution in [3.8, 4) is 5.75 Å². The van der Waals surface area contributed by atoms with E-state index < -0.39 is 5.38 Å². The van der Waals surface area contributed by atoms with Gasteiger partial charge in [0.25, 0.3) is 5.91 Å². The fourth-order valence-electron chi connectivity index (χ4n) is 4.80. The number of carbonyl (C=O) groups is 2. The molecule has 1 fully saturated rings. The van der Waals surface area contributed by atoms with E-state index in [2.05, 4.69) is 4.57 Å². The van der Waals surface area contributed by atoms with Gasteiger partial charge in [-0.05, 0) is 47.7 Å². The molecule has 0 N–H and O–H groups in total. The van der Waals surface area contributed by atoms with Crippen molar-refractivity contribution in [1.82, 2.24) is 14.4 Å². The van der Waals surface area contributed by atoms with Crippen molar-refractivity contribution in [3.05, 3.63) is 88.9 Å². The summed E-state index contributed by atoms with van der Waals surface area (Å²) in [6.07, 6.45) is 0. The number of benzene rings is 2. The maximum absolute atomic E-state index is 13.7. The Bertz CT molecular complexity index is 1380. The first-order valence-electron chi connectivity index (χ1n) is 11.9. The largest absolute Gasteiger partial charge is 0.497 e. The number of fused-ring (bicyclic) bond motifs is 1. The second kappa shape index (κ2) is 10.4. The van der Waals surface area contributed by atoms with Crippen LogP contribution < -0.4 is 4.74 Å². The molecule has 0 saturated carbocycles. The molecule has 6 nitrogen and oxygen atoms in total. The average Bonchev–Trinajstić information content (AvgIpc) is 3.50. The van der Waals surface area contributed by atoms with Crippen molar-refractivity contribution in [2.24, 2.45) is 0 Å². The van der Waals surface area contributed by atoms with E-state index in [1.54, 1.807) is 23.3 Å². The van der Waals surface area contributed by atoms with Gasteiger partial charge in [0.05, 0.1) is 7.11 Å². The van der Waals surface area contributed by atoms with Gasteiger partial charge in [0.1, 0.15) is 21.7 Å². The molecule has 0 spiro atoms. The number of carbonyl (C=O) groups excluding carboxylic acids is 2. The fourth-order valence-corrected chi connectivity index (χ4v) is 5.97. The molecule has 0 bridgehead atoms. The quantitative estimate of drug-likeness (QED) is 0.319. The first-order chi connectivity index (χ1) is 17.5. The van der Waals surface area contributed by atoms with Crippen molar-refractivity contribution < 1.29 is 14.3 Å². The summed E-state index contributed by atoms with van der Waals surface area (Å²) in [6, 6.07) is 21.2. The van der Waals surface area contributed by atoms with Gasteiger partial charge in [-0.2, -0.15) is 0 Å². The number of amides is 2. The molecule has 0 radical (unpaired) electrons. The molecule has 1 aliphatic rings. The predicted molar refractivity (Wildman–Crippen MR) is 144 cm³/mol. The summed E-state index contributed by atoms with van der Waals surface area (Å²) in [7, 11) is 1.65. The second-order valence-electron chi connectivity index (χ2n) is 9.05. The summed E-state index contributed by atoms with van der Waals surface area (Å²) in [5.74, 6) is 0.646. The Labute approximate surface area is 219 Å². The summed E-state index contributed by atoms with van der Waals surface area (Å²) < 4.78 is 7.47. The smallest absolute Gasteiger partial charge is 0.270 e. The lowest BCUT2D eigenvalue weighted by molar-refractivity contribution is -0.135. The maximum Gasteiger partial charge on any atom is 0.270 e. The van der Waals surface area contributed by atoms with Gasteiger partial charge < -0.3 is 19.1 Å². The zero-order chi connectivity index (χ0) is 25.2. The molecule has 2 aromatic heterocycles. The van der Waals surface area contributed by atoms with Crippen molar-refractivity contribution >= 4 is 45.0 Å². The topological polar surface area (TPSA) is 54.8 Å². The summed E-state index contributed by atoms with van der Waals surface area (Å²) in [5.41, 5.74) is 2.50. The van der Waals surface area contributed by atoms with Gasteiger partial charge in [-0.3, -0.25) is 9.59 Å². The van der Waals surface area contributed by atoms with Crippen LogP contribution in [0.15, 0.2) is 72.1 Å². The normalized spacial score (nSPS) is 16.8. The van der Waals surface area contributed by atoms with E-state index in [1.165, 1.54) is 0 Å². The summed E-state index contributed by atoms with van der Waals surface area (Å²) in [5, 5.41) is 2.37. The monoisotopic (exact) mass is 521 g/mol. The van der Waals surface area contributed by atoms with Crippen LogP contribution >= 0.6 is 22.9 Å². The summed E-state index contributed by atoms with van der Waals surface area (Å²) >= 11 is 8.15. The van der Waals surface area contributed by atoms with Crippen LogP contribution in [0.4, 0.5) is 0 Å². The van der Waals surface area contributed by atoms with E-state index in [4.69, 9.17) is 16.3 Å². The van der Waals surface area contributed by atoms with Crippen LogP contribution in [0.2, 0.25) is 0 Å². The Morgan fingerprint density at radius 2 is 1.89 bits per heavy atom. The third-order valence-electron chi connectivity index (χ3n) is 6.70. The number of aromatic nitrogens is 1. The van der Waals surface area contributed by atoms with E-state index in [0.29, 0.717) is 31.9 Å². The Balaban J connectivity index is 1.34. The number of hydrogen-bond donors (Lipinski definition) is 0. The minimum absolute atomic E-state index is 0.0225. The number of methoxy groups -OCH3 is 1. The van der Waals surface area contributed by atoms with Crippen molar-refractivity contribution in [1.29, 1.82) is 0 Å². The maximum atomic E-state index is 13.7. The minimum atomic E-state index is -0.734. The summed E-state index contributed by atoms with van der Waals surface area (Å²) in [6.45, 7) is 3.92. The van der Waals surface area contributed by atoms with Crippen LogP contribution in [-0.2, 0) is 11.3 Å². The van der Waals surface area contributed by atoms with Crippen LogP contribution in [0.1, 0.15) is 33.9 Å². The Hall–Kier alpha value is -3.29.